The maximum atomic E-state index is 12.6. The number of nitrogen functional groups attached to an aromatic ring is 1. The fourth-order valence-electron chi connectivity index (χ4n) is 3.12. The maximum Gasteiger partial charge on any atom is 0.255 e. The van der Waals surface area contributed by atoms with Crippen molar-refractivity contribution in [1.29, 1.82) is 0 Å². The second-order valence-corrected chi connectivity index (χ2v) is 7.57. The van der Waals surface area contributed by atoms with Crippen molar-refractivity contribution in [3.05, 3.63) is 17.7 Å². The van der Waals surface area contributed by atoms with Gasteiger partial charge in [-0.05, 0) is 32.0 Å². The Labute approximate surface area is 146 Å². The van der Waals surface area contributed by atoms with E-state index in [0.29, 0.717) is 40.2 Å². The monoisotopic (exact) mass is 353 g/mol. The van der Waals surface area contributed by atoms with Crippen LogP contribution < -0.4 is 15.8 Å². The lowest BCUT2D eigenvalue weighted by Gasteiger charge is -2.23. The molecule has 1 aromatic rings. The smallest absolute Gasteiger partial charge is 0.255 e. The van der Waals surface area contributed by atoms with Gasteiger partial charge in [0, 0.05) is 24.4 Å². The topological polar surface area (TPSA) is 84.7 Å². The van der Waals surface area contributed by atoms with E-state index in [9.17, 15) is 9.00 Å². The van der Waals surface area contributed by atoms with E-state index in [0.717, 1.165) is 19.5 Å². The van der Waals surface area contributed by atoms with Crippen molar-refractivity contribution in [3.8, 4) is 5.75 Å². The zero-order chi connectivity index (χ0) is 17.7. The van der Waals surface area contributed by atoms with Crippen molar-refractivity contribution in [2.24, 2.45) is 0 Å². The minimum absolute atomic E-state index is 0.218. The molecule has 0 radical (unpaired) electrons. The zero-order valence-electron chi connectivity index (χ0n) is 14.6. The van der Waals surface area contributed by atoms with Gasteiger partial charge in [0.05, 0.1) is 34.1 Å². The number of benzene rings is 1. The fourth-order valence-corrected chi connectivity index (χ4v) is 4.01. The molecule has 24 heavy (non-hydrogen) atoms. The molecule has 0 bridgehead atoms. The Morgan fingerprint density at radius 3 is 2.83 bits per heavy atom. The van der Waals surface area contributed by atoms with Crippen LogP contribution in [0.2, 0.25) is 0 Å². The van der Waals surface area contributed by atoms with E-state index in [-0.39, 0.29) is 5.91 Å². The molecule has 1 aliphatic heterocycles. The predicted octanol–water partition coefficient (Wildman–Crippen LogP) is 1.62. The van der Waals surface area contributed by atoms with Gasteiger partial charge in [-0.15, -0.1) is 0 Å². The van der Waals surface area contributed by atoms with Gasteiger partial charge in [-0.3, -0.25) is 13.9 Å². The van der Waals surface area contributed by atoms with Gasteiger partial charge in [-0.25, -0.2) is 0 Å². The van der Waals surface area contributed by atoms with Crippen LogP contribution in [0, 0.1) is 0 Å². The molecule has 2 atom stereocenters. The van der Waals surface area contributed by atoms with E-state index in [1.807, 2.05) is 6.92 Å². The Morgan fingerprint density at radius 1 is 1.46 bits per heavy atom. The van der Waals surface area contributed by atoms with Gasteiger partial charge in [-0.1, -0.05) is 13.8 Å². The van der Waals surface area contributed by atoms with Gasteiger partial charge in [-0.2, -0.15) is 0 Å². The molecule has 1 saturated heterocycles. The van der Waals surface area contributed by atoms with Gasteiger partial charge >= 0.3 is 0 Å². The summed E-state index contributed by atoms with van der Waals surface area (Å²) in [7, 11) is 0.277. The third-order valence-electron chi connectivity index (χ3n) is 4.49. The van der Waals surface area contributed by atoms with E-state index < -0.39 is 10.8 Å². The molecule has 1 amide bonds. The van der Waals surface area contributed by atoms with E-state index in [1.165, 1.54) is 13.5 Å². The number of amides is 1. The van der Waals surface area contributed by atoms with Crippen LogP contribution >= 0.6 is 0 Å². The highest BCUT2D eigenvalue weighted by Crippen LogP contribution is 2.28. The average molecular weight is 353 g/mol. The van der Waals surface area contributed by atoms with Crippen LogP contribution in [-0.4, -0.2) is 53.6 Å². The van der Waals surface area contributed by atoms with E-state index in [4.69, 9.17) is 10.5 Å². The highest BCUT2D eigenvalue weighted by Gasteiger charge is 2.24. The van der Waals surface area contributed by atoms with Crippen molar-refractivity contribution in [1.82, 2.24) is 10.2 Å². The minimum atomic E-state index is -1.22. The highest BCUT2D eigenvalue weighted by molar-refractivity contribution is 7.85. The number of anilines is 1. The number of carbonyl (C=O) groups excluding carboxylic acids is 1. The third kappa shape index (κ3) is 4.08. The SMILES string of the molecule is CCN1CCCC1CNC(=O)c1cc(S(=O)CC)c(N)cc1OC. The number of rotatable bonds is 7. The summed E-state index contributed by atoms with van der Waals surface area (Å²) < 4.78 is 17.4. The quantitative estimate of drug-likeness (QED) is 0.728. The molecule has 1 aliphatic rings. The van der Waals surface area contributed by atoms with Gasteiger partial charge < -0.3 is 15.8 Å². The first-order chi connectivity index (χ1) is 11.5. The molecule has 3 N–H and O–H groups in total. The molecule has 1 heterocycles. The first-order valence-corrected chi connectivity index (χ1v) is 9.71. The summed E-state index contributed by atoms with van der Waals surface area (Å²) >= 11 is 0. The van der Waals surface area contributed by atoms with Crippen LogP contribution in [-0.2, 0) is 10.8 Å². The number of methoxy groups -OCH3 is 1. The van der Waals surface area contributed by atoms with Crippen LogP contribution in [0.15, 0.2) is 17.0 Å². The van der Waals surface area contributed by atoms with Gasteiger partial charge in [0.1, 0.15) is 5.75 Å². The van der Waals surface area contributed by atoms with Crippen LogP contribution in [0.1, 0.15) is 37.0 Å². The van der Waals surface area contributed by atoms with Gasteiger partial charge in [0.2, 0.25) is 0 Å². The summed E-state index contributed by atoms with van der Waals surface area (Å²) in [5, 5.41) is 2.98. The molecule has 1 fully saturated rings. The lowest BCUT2D eigenvalue weighted by atomic mass is 10.1. The van der Waals surface area contributed by atoms with Crippen LogP contribution in [0.5, 0.6) is 5.75 Å². The summed E-state index contributed by atoms with van der Waals surface area (Å²) in [6.45, 7) is 6.63. The van der Waals surface area contributed by atoms with Crippen molar-refractivity contribution in [2.75, 3.05) is 38.2 Å². The molecule has 0 spiro atoms. The van der Waals surface area contributed by atoms with E-state index in [2.05, 4.69) is 17.1 Å². The number of nitrogens with two attached hydrogens (primary N) is 1. The molecule has 0 saturated carbocycles. The average Bonchev–Trinajstić information content (AvgIpc) is 3.06. The minimum Gasteiger partial charge on any atom is -0.496 e. The highest BCUT2D eigenvalue weighted by atomic mass is 32.2. The molecule has 1 aromatic carbocycles. The summed E-state index contributed by atoms with van der Waals surface area (Å²) in [6.07, 6.45) is 2.26. The second-order valence-electron chi connectivity index (χ2n) is 5.86. The number of likely N-dealkylation sites (N-methyl/N-ethyl adjacent to an activating group) is 1. The van der Waals surface area contributed by atoms with Crippen LogP contribution in [0.3, 0.4) is 0 Å². The lowest BCUT2D eigenvalue weighted by molar-refractivity contribution is 0.0938. The normalized spacial score (nSPS) is 19.2. The Kier molecular flexibility index (Phi) is 6.62. The van der Waals surface area contributed by atoms with Crippen molar-refractivity contribution in [2.45, 2.75) is 37.6 Å². The molecule has 6 nitrogen and oxygen atoms in total. The number of nitrogens with one attached hydrogen (secondary N) is 1. The Hall–Kier alpha value is -1.60. The van der Waals surface area contributed by atoms with Crippen LogP contribution in [0.4, 0.5) is 5.69 Å². The maximum absolute atomic E-state index is 12.6. The lowest BCUT2D eigenvalue weighted by Crippen LogP contribution is -2.40. The Balaban J connectivity index is 2.16. The summed E-state index contributed by atoms with van der Waals surface area (Å²) in [5.41, 5.74) is 6.71. The van der Waals surface area contributed by atoms with E-state index in [1.54, 1.807) is 12.1 Å². The first-order valence-electron chi connectivity index (χ1n) is 8.39. The van der Waals surface area contributed by atoms with Gasteiger partial charge in [0.15, 0.2) is 0 Å². The van der Waals surface area contributed by atoms with Crippen molar-refractivity contribution >= 4 is 22.4 Å². The molecule has 2 rings (SSSR count). The van der Waals surface area contributed by atoms with E-state index >= 15 is 0 Å². The second kappa shape index (κ2) is 8.48. The zero-order valence-corrected chi connectivity index (χ0v) is 15.4. The Morgan fingerprint density at radius 2 is 2.21 bits per heavy atom. The van der Waals surface area contributed by atoms with Crippen molar-refractivity contribution < 1.29 is 13.7 Å². The van der Waals surface area contributed by atoms with Gasteiger partial charge in [0.25, 0.3) is 5.91 Å². The molecule has 0 aromatic heterocycles. The molecule has 134 valence electrons. The first kappa shape index (κ1) is 18.7. The summed E-state index contributed by atoms with van der Waals surface area (Å²) in [6, 6.07) is 3.55. The molecular formula is C17H27N3O3S. The van der Waals surface area contributed by atoms with Crippen LogP contribution in [0.25, 0.3) is 0 Å². The number of hydrogen-bond donors (Lipinski definition) is 2. The number of hydrogen-bond acceptors (Lipinski definition) is 5. The Bertz CT molecular complexity index is 621. The summed E-state index contributed by atoms with van der Waals surface area (Å²) in [5.74, 6) is 0.635. The molecular weight excluding hydrogens is 326 g/mol. The fraction of sp³-hybridized carbons (Fsp3) is 0.588. The summed E-state index contributed by atoms with van der Waals surface area (Å²) in [4.78, 5) is 15.5. The third-order valence-corrected chi connectivity index (χ3v) is 5.86. The number of carbonyl (C=O) groups is 1. The molecule has 7 heteroatoms. The van der Waals surface area contributed by atoms with Crippen molar-refractivity contribution in [3.63, 3.8) is 0 Å². The largest absolute Gasteiger partial charge is 0.496 e. The molecule has 0 aliphatic carbocycles. The predicted molar refractivity (Wildman–Crippen MR) is 97.0 cm³/mol. The molecule has 2 unspecified atom stereocenters. The number of ether oxygens (including phenoxy) is 1. The number of nitrogens with zero attached hydrogens (tertiary/aromatic N) is 1. The standard InChI is InChI=1S/C17H27N3O3S/c1-4-20-8-6-7-12(20)11-19-17(21)13-9-16(24(22)5-2)14(18)10-15(13)23-3/h9-10,12H,4-8,11,18H2,1-3H3,(H,19,21). The number of likely N-dealkylation sites (tertiary alicyclic amines) is 1.